The van der Waals surface area contributed by atoms with Gasteiger partial charge in [0, 0.05) is 19.5 Å². The number of nitrogens with zero attached hydrogens (tertiary/aromatic N) is 1. The van der Waals surface area contributed by atoms with Crippen LogP contribution in [0.4, 0.5) is 0 Å². The number of rotatable bonds is 6. The highest BCUT2D eigenvalue weighted by Gasteiger charge is 2.37. The van der Waals surface area contributed by atoms with Crippen molar-refractivity contribution in [3.63, 3.8) is 0 Å². The summed E-state index contributed by atoms with van der Waals surface area (Å²) in [4.78, 5) is 14.5. The largest absolute Gasteiger partial charge is 0.379 e. The Kier molecular flexibility index (Phi) is 5.16. The fourth-order valence-electron chi connectivity index (χ4n) is 2.16. The van der Waals surface area contributed by atoms with Gasteiger partial charge in [-0.05, 0) is 19.8 Å². The predicted octanol–water partition coefficient (Wildman–Crippen LogP) is 2.02. The minimum atomic E-state index is -0.313. The molecule has 0 spiro atoms. The smallest absolute Gasteiger partial charge is 0.153 e. The monoisotopic (exact) mass is 225 g/mol. The molecule has 0 aromatic heterocycles. The van der Waals surface area contributed by atoms with Crippen molar-refractivity contribution in [2.24, 2.45) is 0 Å². The molecule has 1 rings (SSSR count). The number of carbonyl (C=O) groups excluding carboxylic acids is 1. The number of allylic oxidation sites excluding steroid dienone is 1. The third kappa shape index (κ3) is 2.92. The lowest BCUT2D eigenvalue weighted by Crippen LogP contribution is -2.55. The van der Waals surface area contributed by atoms with Crippen molar-refractivity contribution in [3.05, 3.63) is 12.7 Å². The second-order valence-electron chi connectivity index (χ2n) is 4.48. The Morgan fingerprint density at radius 1 is 1.50 bits per heavy atom. The van der Waals surface area contributed by atoms with E-state index in [2.05, 4.69) is 25.3 Å². The van der Waals surface area contributed by atoms with E-state index >= 15 is 0 Å². The predicted molar refractivity (Wildman–Crippen MR) is 65.5 cm³/mol. The molecule has 0 aromatic rings. The molecule has 1 aliphatic rings. The summed E-state index contributed by atoms with van der Waals surface area (Å²) in [6.07, 6.45) is 4.06. The van der Waals surface area contributed by atoms with E-state index in [0.717, 1.165) is 39.1 Å². The van der Waals surface area contributed by atoms with E-state index in [4.69, 9.17) is 4.74 Å². The van der Waals surface area contributed by atoms with Crippen LogP contribution in [0.2, 0.25) is 0 Å². The first-order valence-electron chi connectivity index (χ1n) is 6.12. The maximum absolute atomic E-state index is 12.2. The molecule has 1 unspecified atom stereocenters. The zero-order valence-electron chi connectivity index (χ0n) is 10.5. The first kappa shape index (κ1) is 13.4. The number of hydrogen-bond acceptors (Lipinski definition) is 3. The van der Waals surface area contributed by atoms with Crippen LogP contribution in [-0.4, -0.2) is 42.5 Å². The molecule has 0 N–H and O–H groups in total. The van der Waals surface area contributed by atoms with Crippen LogP contribution in [0.5, 0.6) is 0 Å². The Morgan fingerprint density at radius 2 is 2.12 bits per heavy atom. The molecule has 3 nitrogen and oxygen atoms in total. The van der Waals surface area contributed by atoms with Crippen molar-refractivity contribution in [1.82, 2.24) is 4.90 Å². The van der Waals surface area contributed by atoms with E-state index < -0.39 is 0 Å². The molecule has 0 aliphatic carbocycles. The van der Waals surface area contributed by atoms with Crippen LogP contribution in [0.1, 0.15) is 33.1 Å². The van der Waals surface area contributed by atoms with Crippen LogP contribution in [0, 0.1) is 0 Å². The number of carbonyl (C=O) groups is 1. The van der Waals surface area contributed by atoms with Gasteiger partial charge in [0.25, 0.3) is 0 Å². The van der Waals surface area contributed by atoms with E-state index in [9.17, 15) is 4.79 Å². The number of ether oxygens (including phenoxy) is 1. The molecule has 1 aliphatic heterocycles. The summed E-state index contributed by atoms with van der Waals surface area (Å²) in [6, 6.07) is 0. The Balaban J connectivity index is 2.66. The Bertz CT molecular complexity index is 246. The Labute approximate surface area is 98.5 Å². The summed E-state index contributed by atoms with van der Waals surface area (Å²) in [5.74, 6) is 0.330. The zero-order valence-corrected chi connectivity index (χ0v) is 10.5. The average Bonchev–Trinajstić information content (AvgIpc) is 2.35. The van der Waals surface area contributed by atoms with Gasteiger partial charge in [-0.3, -0.25) is 9.69 Å². The second kappa shape index (κ2) is 6.16. The SMILES string of the molecule is C=CCCC(=O)C(C)(CC)N1CCOCC1. The van der Waals surface area contributed by atoms with Gasteiger partial charge in [0.2, 0.25) is 0 Å². The Hall–Kier alpha value is -0.670. The highest BCUT2D eigenvalue weighted by atomic mass is 16.5. The van der Waals surface area contributed by atoms with Gasteiger partial charge in [0.15, 0.2) is 5.78 Å². The Morgan fingerprint density at radius 3 is 2.62 bits per heavy atom. The molecule has 0 radical (unpaired) electrons. The van der Waals surface area contributed by atoms with Crippen molar-refractivity contribution in [2.45, 2.75) is 38.6 Å². The van der Waals surface area contributed by atoms with Gasteiger partial charge in [0.05, 0.1) is 18.8 Å². The number of Topliss-reactive ketones (excluding diaryl/α,β-unsaturated/α-hetero) is 1. The molecule has 16 heavy (non-hydrogen) atoms. The van der Waals surface area contributed by atoms with Gasteiger partial charge in [-0.25, -0.2) is 0 Å². The lowest BCUT2D eigenvalue weighted by atomic mass is 9.88. The van der Waals surface area contributed by atoms with E-state index in [1.165, 1.54) is 0 Å². The topological polar surface area (TPSA) is 29.5 Å². The van der Waals surface area contributed by atoms with Gasteiger partial charge >= 0.3 is 0 Å². The maximum Gasteiger partial charge on any atom is 0.153 e. The average molecular weight is 225 g/mol. The third-order valence-corrected chi connectivity index (χ3v) is 3.57. The highest BCUT2D eigenvalue weighted by Crippen LogP contribution is 2.24. The molecular formula is C13H23NO2. The normalized spacial score (nSPS) is 21.4. The maximum atomic E-state index is 12.2. The lowest BCUT2D eigenvalue weighted by molar-refractivity contribution is -0.133. The summed E-state index contributed by atoms with van der Waals surface area (Å²) in [7, 11) is 0. The van der Waals surface area contributed by atoms with Crippen LogP contribution in [0.25, 0.3) is 0 Å². The molecule has 0 amide bonds. The van der Waals surface area contributed by atoms with Crippen molar-refractivity contribution in [3.8, 4) is 0 Å². The summed E-state index contributed by atoms with van der Waals surface area (Å²) >= 11 is 0. The molecule has 0 bridgehead atoms. The van der Waals surface area contributed by atoms with Crippen LogP contribution >= 0.6 is 0 Å². The van der Waals surface area contributed by atoms with E-state index in [-0.39, 0.29) is 5.54 Å². The minimum absolute atomic E-state index is 0.313. The van der Waals surface area contributed by atoms with Gasteiger partial charge in [-0.15, -0.1) is 6.58 Å². The molecule has 1 atom stereocenters. The number of morpholine rings is 1. The third-order valence-electron chi connectivity index (χ3n) is 3.57. The van der Waals surface area contributed by atoms with Crippen LogP contribution in [0.3, 0.4) is 0 Å². The summed E-state index contributed by atoms with van der Waals surface area (Å²) < 4.78 is 5.33. The second-order valence-corrected chi connectivity index (χ2v) is 4.48. The number of hydrogen-bond donors (Lipinski definition) is 0. The molecular weight excluding hydrogens is 202 g/mol. The number of ketones is 1. The molecule has 3 heteroatoms. The molecule has 1 fully saturated rings. The molecule has 1 saturated heterocycles. The van der Waals surface area contributed by atoms with Crippen LogP contribution in [-0.2, 0) is 9.53 Å². The molecule has 0 saturated carbocycles. The lowest BCUT2D eigenvalue weighted by Gasteiger charge is -2.41. The first-order valence-corrected chi connectivity index (χ1v) is 6.12. The van der Waals surface area contributed by atoms with Gasteiger partial charge in [-0.2, -0.15) is 0 Å². The van der Waals surface area contributed by atoms with E-state index in [1.54, 1.807) is 0 Å². The van der Waals surface area contributed by atoms with Crippen molar-refractivity contribution < 1.29 is 9.53 Å². The highest BCUT2D eigenvalue weighted by molar-refractivity contribution is 5.88. The van der Waals surface area contributed by atoms with Gasteiger partial charge in [0.1, 0.15) is 0 Å². The zero-order chi connectivity index (χ0) is 12.0. The van der Waals surface area contributed by atoms with Gasteiger partial charge in [-0.1, -0.05) is 13.0 Å². The van der Waals surface area contributed by atoms with Crippen LogP contribution in [0.15, 0.2) is 12.7 Å². The molecule has 1 heterocycles. The fourth-order valence-corrected chi connectivity index (χ4v) is 2.16. The van der Waals surface area contributed by atoms with E-state index in [1.807, 2.05) is 6.08 Å². The quantitative estimate of drug-likeness (QED) is 0.648. The van der Waals surface area contributed by atoms with Crippen LogP contribution < -0.4 is 0 Å². The molecule has 0 aromatic carbocycles. The van der Waals surface area contributed by atoms with Crippen molar-refractivity contribution >= 4 is 5.78 Å². The van der Waals surface area contributed by atoms with E-state index in [0.29, 0.717) is 12.2 Å². The minimum Gasteiger partial charge on any atom is -0.379 e. The van der Waals surface area contributed by atoms with Crippen molar-refractivity contribution in [1.29, 1.82) is 0 Å². The fraction of sp³-hybridized carbons (Fsp3) is 0.769. The summed E-state index contributed by atoms with van der Waals surface area (Å²) in [5.41, 5.74) is -0.313. The first-order chi connectivity index (χ1) is 7.65. The molecule has 92 valence electrons. The van der Waals surface area contributed by atoms with Gasteiger partial charge < -0.3 is 4.74 Å². The summed E-state index contributed by atoms with van der Waals surface area (Å²) in [6.45, 7) is 11.0. The summed E-state index contributed by atoms with van der Waals surface area (Å²) in [5, 5.41) is 0. The standard InChI is InChI=1S/C13H23NO2/c1-4-6-7-12(15)13(3,5-2)14-8-10-16-11-9-14/h4H,1,5-11H2,2-3H3. The van der Waals surface area contributed by atoms with Crippen molar-refractivity contribution in [2.75, 3.05) is 26.3 Å².